The van der Waals surface area contributed by atoms with Crippen molar-refractivity contribution in [1.82, 2.24) is 4.98 Å². The first kappa shape index (κ1) is 12.6. The zero-order chi connectivity index (χ0) is 12.2. The van der Waals surface area contributed by atoms with Crippen molar-refractivity contribution in [3.63, 3.8) is 0 Å². The van der Waals surface area contributed by atoms with E-state index in [1.165, 1.54) is 18.3 Å². The number of pyridine rings is 1. The number of nitro groups is 1. The normalized spacial score (nSPS) is 11.1. The highest BCUT2D eigenvalue weighted by Crippen LogP contribution is 2.47. The minimum atomic E-state index is -2.84. The fourth-order valence-electron chi connectivity index (χ4n) is 1.10. The molecule has 0 fully saturated rings. The van der Waals surface area contributed by atoms with E-state index in [0.717, 1.165) is 0 Å². The van der Waals surface area contributed by atoms with Gasteiger partial charge in [0.25, 0.3) is 5.88 Å². The van der Waals surface area contributed by atoms with Crippen LogP contribution in [0, 0.1) is 10.1 Å². The Labute approximate surface area is 93.3 Å². The Balaban J connectivity index is 3.06. The highest BCUT2D eigenvalue weighted by Gasteiger charge is 2.25. The predicted octanol–water partition coefficient (Wildman–Crippen LogP) is 2.69. The van der Waals surface area contributed by atoms with Gasteiger partial charge in [-0.05, 0) is 6.07 Å². The molecule has 0 spiro atoms. The van der Waals surface area contributed by atoms with Crippen LogP contribution in [0.25, 0.3) is 0 Å². The molecule has 7 heteroatoms. The summed E-state index contributed by atoms with van der Waals surface area (Å²) in [6, 6.07) is 2.71. The molecule has 0 aliphatic rings. The molecule has 0 radical (unpaired) electrons. The molecular weight excluding hydrogens is 231 g/mol. The first-order chi connectivity index (χ1) is 7.52. The van der Waals surface area contributed by atoms with Crippen molar-refractivity contribution in [3.8, 4) is 5.88 Å². The molecule has 0 amide bonds. The number of hydrogen-bond donors (Lipinski definition) is 0. The van der Waals surface area contributed by atoms with E-state index in [1.54, 1.807) is 13.8 Å². The molecule has 88 valence electrons. The maximum Gasteiger partial charge on any atom is 0.331 e. The van der Waals surface area contributed by atoms with Crippen LogP contribution in [0.15, 0.2) is 18.3 Å². The summed E-state index contributed by atoms with van der Waals surface area (Å²) in [4.78, 5) is 13.8. The second kappa shape index (κ2) is 5.07. The predicted molar refractivity (Wildman–Crippen MR) is 60.2 cm³/mol. The van der Waals surface area contributed by atoms with Crippen LogP contribution in [-0.2, 0) is 4.57 Å². The van der Waals surface area contributed by atoms with Crippen molar-refractivity contribution in [2.45, 2.75) is 13.8 Å². The molecule has 0 bridgehead atoms. The Morgan fingerprint density at radius 3 is 2.62 bits per heavy atom. The summed E-state index contributed by atoms with van der Waals surface area (Å²) in [6.07, 6.45) is 2.03. The maximum absolute atomic E-state index is 12.0. The van der Waals surface area contributed by atoms with Crippen LogP contribution >= 0.6 is 7.37 Å². The van der Waals surface area contributed by atoms with E-state index >= 15 is 0 Å². The average molecular weight is 244 g/mol. The van der Waals surface area contributed by atoms with Crippen LogP contribution in [0.3, 0.4) is 0 Å². The van der Waals surface area contributed by atoms with Crippen LogP contribution in [0.5, 0.6) is 5.88 Å². The molecule has 0 saturated carbocycles. The van der Waals surface area contributed by atoms with E-state index in [9.17, 15) is 14.7 Å². The molecule has 0 atom stereocenters. The van der Waals surface area contributed by atoms with Gasteiger partial charge in [0.05, 0.1) is 4.92 Å². The molecular formula is C9H13N2O4P. The number of hydrogen-bond acceptors (Lipinski definition) is 5. The smallest absolute Gasteiger partial charge is 0.331 e. The van der Waals surface area contributed by atoms with Gasteiger partial charge in [-0.2, -0.15) is 0 Å². The monoisotopic (exact) mass is 244 g/mol. The van der Waals surface area contributed by atoms with Gasteiger partial charge in [0.1, 0.15) is 0 Å². The summed E-state index contributed by atoms with van der Waals surface area (Å²) in [5.41, 5.74) is -0.260. The number of aromatic nitrogens is 1. The van der Waals surface area contributed by atoms with Gasteiger partial charge in [0, 0.05) is 24.6 Å². The first-order valence-corrected chi connectivity index (χ1v) is 6.89. The fraction of sp³-hybridized carbons (Fsp3) is 0.444. The standard InChI is InChI=1S/C9H13N2O4P/c1-3-16(14,4-2)15-9-8(11(12)13)6-5-7-10-9/h5-7H,3-4H2,1-2H3. The van der Waals surface area contributed by atoms with Crippen molar-refractivity contribution in [1.29, 1.82) is 0 Å². The van der Waals surface area contributed by atoms with Gasteiger partial charge in [-0.3, -0.25) is 14.7 Å². The Morgan fingerprint density at radius 2 is 2.12 bits per heavy atom. The van der Waals surface area contributed by atoms with Crippen molar-refractivity contribution < 1.29 is 14.0 Å². The third kappa shape index (κ3) is 2.79. The highest BCUT2D eigenvalue weighted by molar-refractivity contribution is 7.59. The molecule has 1 aromatic rings. The first-order valence-electron chi connectivity index (χ1n) is 4.89. The summed E-state index contributed by atoms with van der Waals surface area (Å²) < 4.78 is 17.2. The largest absolute Gasteiger partial charge is 0.419 e. The summed E-state index contributed by atoms with van der Waals surface area (Å²) in [6.45, 7) is 3.44. The third-order valence-electron chi connectivity index (χ3n) is 2.16. The molecule has 0 saturated heterocycles. The van der Waals surface area contributed by atoms with Crippen LogP contribution in [0.1, 0.15) is 13.8 Å². The van der Waals surface area contributed by atoms with Crippen molar-refractivity contribution in [2.24, 2.45) is 0 Å². The molecule has 0 N–H and O–H groups in total. The third-order valence-corrected chi connectivity index (χ3v) is 4.60. The minimum Gasteiger partial charge on any atom is -0.419 e. The summed E-state index contributed by atoms with van der Waals surface area (Å²) in [7, 11) is -2.84. The van der Waals surface area contributed by atoms with E-state index in [-0.39, 0.29) is 11.6 Å². The molecule has 1 aromatic heterocycles. The van der Waals surface area contributed by atoms with Crippen LogP contribution in [0.4, 0.5) is 5.69 Å². The lowest BCUT2D eigenvalue weighted by atomic mass is 10.4. The van der Waals surface area contributed by atoms with Gasteiger partial charge in [-0.15, -0.1) is 0 Å². The molecule has 0 aliphatic carbocycles. The van der Waals surface area contributed by atoms with Crippen molar-refractivity contribution in [3.05, 3.63) is 28.4 Å². The number of rotatable bonds is 5. The Kier molecular flexibility index (Phi) is 4.01. The van der Waals surface area contributed by atoms with Gasteiger partial charge in [-0.1, -0.05) is 13.8 Å². The maximum atomic E-state index is 12.0. The Bertz CT molecular complexity index is 427. The minimum absolute atomic E-state index is 0.167. The molecule has 16 heavy (non-hydrogen) atoms. The zero-order valence-electron chi connectivity index (χ0n) is 9.12. The number of nitrogens with zero attached hydrogens (tertiary/aromatic N) is 2. The lowest BCUT2D eigenvalue weighted by Gasteiger charge is -2.14. The molecule has 0 aliphatic heterocycles. The average Bonchev–Trinajstić information content (AvgIpc) is 2.29. The van der Waals surface area contributed by atoms with E-state index < -0.39 is 12.3 Å². The van der Waals surface area contributed by atoms with Crippen LogP contribution in [0.2, 0.25) is 0 Å². The second-order valence-corrected chi connectivity index (χ2v) is 6.20. The van der Waals surface area contributed by atoms with Gasteiger partial charge < -0.3 is 4.52 Å². The highest BCUT2D eigenvalue weighted by atomic mass is 31.2. The summed E-state index contributed by atoms with van der Waals surface area (Å²) >= 11 is 0. The second-order valence-electron chi connectivity index (χ2n) is 3.12. The quantitative estimate of drug-likeness (QED) is 0.451. The van der Waals surface area contributed by atoms with Crippen molar-refractivity contribution in [2.75, 3.05) is 12.3 Å². The Hall–Kier alpha value is -1.42. The van der Waals surface area contributed by atoms with Crippen LogP contribution in [-0.4, -0.2) is 22.2 Å². The topological polar surface area (TPSA) is 82.3 Å². The summed E-state index contributed by atoms with van der Waals surface area (Å²) in [5, 5.41) is 10.7. The van der Waals surface area contributed by atoms with Crippen molar-refractivity contribution >= 4 is 13.1 Å². The summed E-state index contributed by atoms with van der Waals surface area (Å²) in [5.74, 6) is -0.167. The lowest BCUT2D eigenvalue weighted by molar-refractivity contribution is -0.385. The Morgan fingerprint density at radius 1 is 1.50 bits per heavy atom. The van der Waals surface area contributed by atoms with E-state index in [1.807, 2.05) is 0 Å². The lowest BCUT2D eigenvalue weighted by Crippen LogP contribution is -2.02. The van der Waals surface area contributed by atoms with E-state index in [4.69, 9.17) is 4.52 Å². The SMILES string of the molecule is CCP(=O)(CC)Oc1ncccc1[N+](=O)[O-]. The molecule has 0 unspecified atom stereocenters. The van der Waals surface area contributed by atoms with Gasteiger partial charge >= 0.3 is 5.69 Å². The van der Waals surface area contributed by atoms with E-state index in [0.29, 0.717) is 12.3 Å². The molecule has 1 rings (SSSR count). The van der Waals surface area contributed by atoms with Gasteiger partial charge in [0.15, 0.2) is 0 Å². The fourth-order valence-corrected chi connectivity index (χ4v) is 2.26. The molecule has 6 nitrogen and oxygen atoms in total. The van der Waals surface area contributed by atoms with Crippen LogP contribution < -0.4 is 4.52 Å². The van der Waals surface area contributed by atoms with Gasteiger partial charge in [0.2, 0.25) is 7.37 Å². The molecule has 1 heterocycles. The van der Waals surface area contributed by atoms with E-state index in [2.05, 4.69) is 4.98 Å². The molecule has 0 aromatic carbocycles. The zero-order valence-corrected chi connectivity index (χ0v) is 10.0. The van der Waals surface area contributed by atoms with Gasteiger partial charge in [-0.25, -0.2) is 4.98 Å².